The number of piperidine rings is 1. The van der Waals surface area contributed by atoms with Gasteiger partial charge in [0.25, 0.3) is 5.91 Å². The first-order valence-electron chi connectivity index (χ1n) is 10.5. The summed E-state index contributed by atoms with van der Waals surface area (Å²) < 4.78 is 13.3. The van der Waals surface area contributed by atoms with E-state index in [0.717, 1.165) is 11.1 Å². The van der Waals surface area contributed by atoms with E-state index in [1.165, 1.54) is 24.3 Å². The minimum atomic E-state index is -0.379. The van der Waals surface area contributed by atoms with E-state index in [1.807, 2.05) is 60.7 Å². The number of benzene rings is 3. The van der Waals surface area contributed by atoms with E-state index in [0.29, 0.717) is 31.6 Å². The molecule has 1 aliphatic rings. The minimum Gasteiger partial charge on any atom is -0.352 e. The first-order chi connectivity index (χ1) is 15.1. The van der Waals surface area contributed by atoms with Crippen LogP contribution in [0.2, 0.25) is 0 Å². The van der Waals surface area contributed by atoms with Gasteiger partial charge in [-0.2, -0.15) is 0 Å². The van der Waals surface area contributed by atoms with Crippen molar-refractivity contribution in [3.05, 3.63) is 107 Å². The molecule has 3 aromatic rings. The van der Waals surface area contributed by atoms with Crippen molar-refractivity contribution in [3.63, 3.8) is 0 Å². The topological polar surface area (TPSA) is 49.4 Å². The molecule has 1 N–H and O–H groups in total. The summed E-state index contributed by atoms with van der Waals surface area (Å²) in [6, 6.07) is 25.3. The number of nitrogens with zero attached hydrogens (tertiary/aromatic N) is 1. The van der Waals surface area contributed by atoms with Crippen LogP contribution in [0.1, 0.15) is 33.8 Å². The summed E-state index contributed by atoms with van der Waals surface area (Å²) in [5, 5.41) is 3.02. The van der Waals surface area contributed by atoms with Gasteiger partial charge in [-0.3, -0.25) is 9.59 Å². The predicted octanol–water partition coefficient (Wildman–Crippen LogP) is 4.39. The van der Waals surface area contributed by atoms with E-state index < -0.39 is 0 Å². The van der Waals surface area contributed by atoms with Crippen molar-refractivity contribution < 1.29 is 14.0 Å². The number of carbonyl (C=O) groups is 2. The molecule has 158 valence electrons. The fraction of sp³-hybridized carbons (Fsp3) is 0.231. The van der Waals surface area contributed by atoms with Gasteiger partial charge in [-0.05, 0) is 41.8 Å². The molecule has 0 aliphatic carbocycles. The third-order valence-electron chi connectivity index (χ3n) is 5.78. The van der Waals surface area contributed by atoms with Gasteiger partial charge in [0.15, 0.2) is 0 Å². The third kappa shape index (κ3) is 5.18. The molecule has 0 spiro atoms. The van der Waals surface area contributed by atoms with Crippen molar-refractivity contribution in [1.29, 1.82) is 0 Å². The van der Waals surface area contributed by atoms with Crippen LogP contribution in [0.5, 0.6) is 0 Å². The molecule has 1 fully saturated rings. The van der Waals surface area contributed by atoms with Gasteiger partial charge in [-0.15, -0.1) is 0 Å². The van der Waals surface area contributed by atoms with E-state index >= 15 is 0 Å². The zero-order chi connectivity index (χ0) is 21.6. The molecule has 0 saturated carbocycles. The Morgan fingerprint density at radius 1 is 0.871 bits per heavy atom. The van der Waals surface area contributed by atoms with Gasteiger partial charge in [0, 0.05) is 31.1 Å². The minimum absolute atomic E-state index is 0.0543. The number of rotatable bonds is 5. The quantitative estimate of drug-likeness (QED) is 0.671. The van der Waals surface area contributed by atoms with Crippen molar-refractivity contribution in [3.8, 4) is 0 Å². The molecule has 3 aromatic carbocycles. The van der Waals surface area contributed by atoms with Crippen molar-refractivity contribution in [2.45, 2.75) is 18.9 Å². The number of hydrogen-bond acceptors (Lipinski definition) is 2. The van der Waals surface area contributed by atoms with E-state index in [9.17, 15) is 14.0 Å². The van der Waals surface area contributed by atoms with Crippen LogP contribution < -0.4 is 5.32 Å². The summed E-state index contributed by atoms with van der Waals surface area (Å²) in [6.45, 7) is 1.33. The Morgan fingerprint density at radius 3 is 2.19 bits per heavy atom. The highest BCUT2D eigenvalue weighted by molar-refractivity contribution is 5.94. The maximum absolute atomic E-state index is 13.3. The number of likely N-dealkylation sites (tertiary alicyclic amines) is 1. The van der Waals surface area contributed by atoms with Crippen molar-refractivity contribution >= 4 is 11.8 Å². The van der Waals surface area contributed by atoms with Gasteiger partial charge >= 0.3 is 0 Å². The van der Waals surface area contributed by atoms with Crippen LogP contribution in [0, 0.1) is 11.7 Å². The summed E-state index contributed by atoms with van der Waals surface area (Å²) in [7, 11) is 0. The van der Waals surface area contributed by atoms with E-state index in [-0.39, 0.29) is 29.5 Å². The standard InChI is InChI=1S/C26H25FN2O2/c27-24-13-11-21(12-14-24)26(31)29-17-22(20-9-5-2-6-10-20)15-23(18-29)25(30)28-16-19-7-3-1-4-8-19/h1-14,22-23H,15-18H2,(H,28,30). The highest BCUT2D eigenvalue weighted by Gasteiger charge is 2.34. The number of amides is 2. The average Bonchev–Trinajstić information content (AvgIpc) is 2.83. The lowest BCUT2D eigenvalue weighted by Crippen LogP contribution is -2.48. The summed E-state index contributed by atoms with van der Waals surface area (Å²) in [5.41, 5.74) is 2.57. The maximum atomic E-state index is 13.3. The SMILES string of the molecule is O=C(NCc1ccccc1)C1CC(c2ccccc2)CN(C(=O)c2ccc(F)cc2)C1. The Balaban J connectivity index is 1.52. The number of halogens is 1. The van der Waals surface area contributed by atoms with Crippen molar-refractivity contribution in [2.24, 2.45) is 5.92 Å². The molecule has 0 radical (unpaired) electrons. The number of carbonyl (C=O) groups excluding carboxylic acids is 2. The smallest absolute Gasteiger partial charge is 0.253 e. The lowest BCUT2D eigenvalue weighted by Gasteiger charge is -2.37. The van der Waals surface area contributed by atoms with Gasteiger partial charge < -0.3 is 10.2 Å². The van der Waals surface area contributed by atoms with E-state index in [2.05, 4.69) is 5.32 Å². The Labute approximate surface area is 181 Å². The Bertz CT molecular complexity index is 1020. The molecule has 4 rings (SSSR count). The molecule has 1 heterocycles. The van der Waals surface area contributed by atoms with Gasteiger partial charge in [-0.1, -0.05) is 60.7 Å². The van der Waals surface area contributed by atoms with Gasteiger partial charge in [0.1, 0.15) is 5.82 Å². The first kappa shape index (κ1) is 20.8. The fourth-order valence-corrected chi connectivity index (χ4v) is 4.13. The third-order valence-corrected chi connectivity index (χ3v) is 5.78. The van der Waals surface area contributed by atoms with E-state index in [1.54, 1.807) is 4.90 Å². The van der Waals surface area contributed by atoms with Crippen LogP contribution in [0.15, 0.2) is 84.9 Å². The Kier molecular flexibility index (Phi) is 6.41. The fourth-order valence-electron chi connectivity index (χ4n) is 4.13. The van der Waals surface area contributed by atoms with Crippen LogP contribution in [0.3, 0.4) is 0 Å². The second-order valence-electron chi connectivity index (χ2n) is 7.96. The Morgan fingerprint density at radius 2 is 1.52 bits per heavy atom. The van der Waals surface area contributed by atoms with E-state index in [4.69, 9.17) is 0 Å². The maximum Gasteiger partial charge on any atom is 0.253 e. The molecule has 5 heteroatoms. The lowest BCUT2D eigenvalue weighted by molar-refractivity contribution is -0.126. The number of nitrogens with one attached hydrogen (secondary N) is 1. The van der Waals surface area contributed by atoms with Gasteiger partial charge in [0.05, 0.1) is 5.92 Å². The molecule has 2 unspecified atom stereocenters. The first-order valence-corrected chi connectivity index (χ1v) is 10.5. The normalized spacial score (nSPS) is 18.4. The second kappa shape index (κ2) is 9.56. The van der Waals surface area contributed by atoms with Crippen LogP contribution in [0.4, 0.5) is 4.39 Å². The van der Waals surface area contributed by atoms with Crippen molar-refractivity contribution in [2.75, 3.05) is 13.1 Å². The van der Waals surface area contributed by atoms with Gasteiger partial charge in [-0.25, -0.2) is 4.39 Å². The van der Waals surface area contributed by atoms with Crippen LogP contribution in [0.25, 0.3) is 0 Å². The molecule has 1 aliphatic heterocycles. The van der Waals surface area contributed by atoms with Crippen LogP contribution in [-0.4, -0.2) is 29.8 Å². The molecule has 0 bridgehead atoms. The molecule has 1 saturated heterocycles. The molecule has 2 atom stereocenters. The highest BCUT2D eigenvalue weighted by Crippen LogP contribution is 2.31. The lowest BCUT2D eigenvalue weighted by atomic mass is 9.83. The summed E-state index contributed by atoms with van der Waals surface area (Å²) in [6.07, 6.45) is 0.678. The largest absolute Gasteiger partial charge is 0.352 e. The van der Waals surface area contributed by atoms with Crippen molar-refractivity contribution in [1.82, 2.24) is 10.2 Å². The molecule has 2 amide bonds. The summed E-state index contributed by atoms with van der Waals surface area (Å²) in [4.78, 5) is 27.8. The monoisotopic (exact) mass is 416 g/mol. The predicted molar refractivity (Wildman–Crippen MR) is 118 cm³/mol. The Hall–Kier alpha value is -3.47. The average molecular weight is 416 g/mol. The zero-order valence-corrected chi connectivity index (χ0v) is 17.2. The zero-order valence-electron chi connectivity index (χ0n) is 17.2. The molecular weight excluding hydrogens is 391 g/mol. The molecule has 31 heavy (non-hydrogen) atoms. The number of hydrogen-bond donors (Lipinski definition) is 1. The summed E-state index contributed by atoms with van der Waals surface area (Å²) >= 11 is 0. The molecule has 4 nitrogen and oxygen atoms in total. The van der Waals surface area contributed by atoms with Crippen LogP contribution >= 0.6 is 0 Å². The molecule has 0 aromatic heterocycles. The van der Waals surface area contributed by atoms with Crippen LogP contribution in [-0.2, 0) is 11.3 Å². The second-order valence-corrected chi connectivity index (χ2v) is 7.96. The molecular formula is C26H25FN2O2. The summed E-state index contributed by atoms with van der Waals surface area (Å²) in [5.74, 6) is -0.864. The van der Waals surface area contributed by atoms with Gasteiger partial charge in [0.2, 0.25) is 5.91 Å². The highest BCUT2D eigenvalue weighted by atomic mass is 19.1.